The Kier molecular flexibility index (Phi) is 9.51. The van der Waals surface area contributed by atoms with Gasteiger partial charge in [-0.25, -0.2) is 0 Å². The molecule has 5 aromatic carbocycles. The minimum atomic E-state index is -0.151. The molecule has 0 aromatic heterocycles. The normalized spacial score (nSPS) is 11.0. The summed E-state index contributed by atoms with van der Waals surface area (Å²) in [5, 5.41) is 0. The molecule has 0 N–H and O–H groups in total. The monoisotopic (exact) mass is 550 g/mol. The number of benzene rings is 5. The second-order valence-electron chi connectivity index (χ2n) is 9.61. The van der Waals surface area contributed by atoms with Crippen molar-refractivity contribution >= 4 is 23.7 Å². The van der Waals surface area contributed by atoms with Crippen molar-refractivity contribution < 1.29 is 19.1 Å². The van der Waals surface area contributed by atoms with Gasteiger partial charge in [-0.3, -0.25) is 9.59 Å². The van der Waals surface area contributed by atoms with Gasteiger partial charge in [0, 0.05) is 0 Å². The van der Waals surface area contributed by atoms with Crippen LogP contribution in [0.15, 0.2) is 146 Å². The van der Waals surface area contributed by atoms with Crippen LogP contribution < -0.4 is 9.47 Å². The van der Waals surface area contributed by atoms with E-state index >= 15 is 0 Å². The third kappa shape index (κ3) is 7.80. The van der Waals surface area contributed by atoms with Crippen molar-refractivity contribution in [1.82, 2.24) is 0 Å². The molecule has 0 saturated carbocycles. The first-order valence-corrected chi connectivity index (χ1v) is 13.7. The number of rotatable bonds is 12. The maximum absolute atomic E-state index is 13.0. The van der Waals surface area contributed by atoms with Crippen LogP contribution in [0.5, 0.6) is 11.5 Å². The number of ketones is 2. The summed E-state index contributed by atoms with van der Waals surface area (Å²) in [5.41, 5.74) is 4.74. The van der Waals surface area contributed by atoms with E-state index in [2.05, 4.69) is 0 Å². The van der Waals surface area contributed by atoms with E-state index in [9.17, 15) is 9.59 Å². The highest BCUT2D eigenvalue weighted by atomic mass is 16.5. The van der Waals surface area contributed by atoms with Gasteiger partial charge in [-0.05, 0) is 64.7 Å². The largest absolute Gasteiger partial charge is 0.488 e. The van der Waals surface area contributed by atoms with Gasteiger partial charge in [-0.2, -0.15) is 0 Å². The van der Waals surface area contributed by atoms with Crippen molar-refractivity contribution in [2.45, 2.75) is 13.2 Å². The first-order valence-electron chi connectivity index (χ1n) is 13.7. The summed E-state index contributed by atoms with van der Waals surface area (Å²) >= 11 is 0. The molecule has 42 heavy (non-hydrogen) atoms. The lowest BCUT2D eigenvalue weighted by Gasteiger charge is -2.10. The lowest BCUT2D eigenvalue weighted by Crippen LogP contribution is -2.02. The Hall–Kier alpha value is -5.48. The molecular weight excluding hydrogens is 520 g/mol. The number of hydrogen-bond donors (Lipinski definition) is 0. The first kappa shape index (κ1) is 28.1. The molecule has 0 aliphatic carbocycles. The van der Waals surface area contributed by atoms with Crippen LogP contribution in [-0.2, 0) is 13.2 Å². The van der Waals surface area contributed by atoms with E-state index in [0.717, 1.165) is 22.3 Å². The van der Waals surface area contributed by atoms with Gasteiger partial charge in [0.1, 0.15) is 24.7 Å². The Morgan fingerprint density at radius 2 is 0.881 bits per heavy atom. The second-order valence-corrected chi connectivity index (χ2v) is 9.61. The lowest BCUT2D eigenvalue weighted by molar-refractivity contribution is 0.103. The topological polar surface area (TPSA) is 52.6 Å². The van der Waals surface area contributed by atoms with E-state index in [4.69, 9.17) is 9.47 Å². The number of carbonyl (C=O) groups is 2. The molecule has 0 spiro atoms. The van der Waals surface area contributed by atoms with E-state index in [0.29, 0.717) is 35.8 Å². The molecule has 0 bridgehead atoms. The Balaban J connectivity index is 1.23. The number of ether oxygens (including phenoxy) is 2. The molecule has 0 aliphatic rings. The summed E-state index contributed by atoms with van der Waals surface area (Å²) < 4.78 is 11.9. The van der Waals surface area contributed by atoms with Crippen LogP contribution in [0.2, 0.25) is 0 Å². The molecule has 5 aromatic rings. The minimum absolute atomic E-state index is 0.151. The van der Waals surface area contributed by atoms with E-state index in [-0.39, 0.29) is 11.6 Å². The van der Waals surface area contributed by atoms with Crippen molar-refractivity contribution in [3.05, 3.63) is 179 Å². The van der Waals surface area contributed by atoms with Crippen molar-refractivity contribution in [2.24, 2.45) is 0 Å². The van der Waals surface area contributed by atoms with Crippen LogP contribution in [-0.4, -0.2) is 11.6 Å². The highest BCUT2D eigenvalue weighted by Gasteiger charge is 2.11. The van der Waals surface area contributed by atoms with Gasteiger partial charge < -0.3 is 9.47 Å². The van der Waals surface area contributed by atoms with E-state index in [1.807, 2.05) is 109 Å². The van der Waals surface area contributed by atoms with Gasteiger partial charge in [-0.1, -0.05) is 115 Å². The Morgan fingerprint density at radius 1 is 0.476 bits per heavy atom. The summed E-state index contributed by atoms with van der Waals surface area (Å²) in [6.45, 7) is 0.761. The third-order valence-corrected chi connectivity index (χ3v) is 6.54. The lowest BCUT2D eigenvalue weighted by atomic mass is 10.1. The van der Waals surface area contributed by atoms with Crippen LogP contribution in [0, 0.1) is 0 Å². The number of hydrogen-bond acceptors (Lipinski definition) is 4. The zero-order valence-electron chi connectivity index (χ0n) is 23.1. The van der Waals surface area contributed by atoms with Gasteiger partial charge in [-0.15, -0.1) is 0 Å². The molecular formula is C38H30O4. The minimum Gasteiger partial charge on any atom is -0.488 e. The molecule has 0 heterocycles. The van der Waals surface area contributed by atoms with Gasteiger partial charge in [0.2, 0.25) is 0 Å². The summed E-state index contributed by atoms with van der Waals surface area (Å²) in [7, 11) is 0. The van der Waals surface area contributed by atoms with Crippen molar-refractivity contribution in [3.8, 4) is 11.5 Å². The van der Waals surface area contributed by atoms with Gasteiger partial charge >= 0.3 is 0 Å². The molecule has 0 saturated heterocycles. The van der Waals surface area contributed by atoms with E-state index in [1.54, 1.807) is 48.6 Å². The average Bonchev–Trinajstić information content (AvgIpc) is 3.05. The summed E-state index contributed by atoms with van der Waals surface area (Å²) in [6.07, 6.45) is 6.61. The fourth-order valence-electron chi connectivity index (χ4n) is 4.35. The van der Waals surface area contributed by atoms with Crippen LogP contribution in [0.1, 0.15) is 43.0 Å². The molecule has 4 nitrogen and oxygen atoms in total. The summed E-state index contributed by atoms with van der Waals surface area (Å²) in [4.78, 5) is 26.1. The molecule has 0 amide bonds. The Labute approximate surface area is 246 Å². The molecule has 0 radical (unpaired) electrons. The maximum atomic E-state index is 13.0. The molecule has 0 fully saturated rings. The van der Waals surface area contributed by atoms with Crippen molar-refractivity contribution in [1.29, 1.82) is 0 Å². The number of allylic oxidation sites excluding steroid dienone is 2. The van der Waals surface area contributed by atoms with Crippen molar-refractivity contribution in [2.75, 3.05) is 0 Å². The SMILES string of the molecule is O=C(/C=C/c1cccc(/C=C/C(=O)c2ccccc2OCc2ccccc2)c1)c1ccccc1OCc1ccccc1. The average molecular weight is 551 g/mol. The Bertz CT molecular complexity index is 1580. The summed E-state index contributed by atoms with van der Waals surface area (Å²) in [5.74, 6) is 0.780. The first-order chi connectivity index (χ1) is 20.7. The van der Waals surface area contributed by atoms with Gasteiger partial charge in [0.15, 0.2) is 11.6 Å². The quantitative estimate of drug-likeness (QED) is 0.115. The van der Waals surface area contributed by atoms with Crippen LogP contribution >= 0.6 is 0 Å². The predicted molar refractivity (Wildman–Crippen MR) is 168 cm³/mol. The highest BCUT2D eigenvalue weighted by molar-refractivity contribution is 6.09. The molecule has 206 valence electrons. The molecule has 0 aliphatic heterocycles. The second kappa shape index (κ2) is 14.2. The Morgan fingerprint density at radius 3 is 1.33 bits per heavy atom. The third-order valence-electron chi connectivity index (χ3n) is 6.54. The van der Waals surface area contributed by atoms with E-state index in [1.165, 1.54) is 0 Å². The number of carbonyl (C=O) groups excluding carboxylic acids is 2. The van der Waals surface area contributed by atoms with E-state index < -0.39 is 0 Å². The maximum Gasteiger partial charge on any atom is 0.189 e. The van der Waals surface area contributed by atoms with Crippen molar-refractivity contribution in [3.63, 3.8) is 0 Å². The summed E-state index contributed by atoms with van der Waals surface area (Å²) in [6, 6.07) is 41.8. The molecule has 0 atom stereocenters. The molecule has 0 unspecified atom stereocenters. The van der Waals surface area contributed by atoms with Crippen LogP contribution in [0.3, 0.4) is 0 Å². The molecule has 4 heteroatoms. The highest BCUT2D eigenvalue weighted by Crippen LogP contribution is 2.22. The zero-order chi connectivity index (χ0) is 29.0. The van der Waals surface area contributed by atoms with Crippen LogP contribution in [0.25, 0.3) is 12.2 Å². The zero-order valence-corrected chi connectivity index (χ0v) is 23.1. The van der Waals surface area contributed by atoms with Crippen LogP contribution in [0.4, 0.5) is 0 Å². The van der Waals surface area contributed by atoms with Gasteiger partial charge in [0.05, 0.1) is 11.1 Å². The smallest absolute Gasteiger partial charge is 0.189 e. The fourth-order valence-corrected chi connectivity index (χ4v) is 4.35. The standard InChI is InChI=1S/C38H30O4/c39-35(33-18-7-9-20-37(33)41-27-31-12-3-1-4-13-31)24-22-29-16-11-17-30(26-29)23-25-36(40)34-19-8-10-21-38(34)42-28-32-14-5-2-6-15-32/h1-26H,27-28H2/b24-22+,25-23+. The van der Waals surface area contributed by atoms with Gasteiger partial charge in [0.25, 0.3) is 0 Å². The number of para-hydroxylation sites is 2. The fraction of sp³-hybridized carbons (Fsp3) is 0.0526. The predicted octanol–water partition coefficient (Wildman–Crippen LogP) is 8.64. The molecule has 5 rings (SSSR count).